The van der Waals surface area contributed by atoms with Gasteiger partial charge in [0.25, 0.3) is 0 Å². The van der Waals surface area contributed by atoms with E-state index in [1.807, 2.05) is 0 Å². The van der Waals surface area contributed by atoms with Gasteiger partial charge < -0.3 is 34.3 Å². The summed E-state index contributed by atoms with van der Waals surface area (Å²) in [5.74, 6) is -2.82. The predicted octanol–water partition coefficient (Wildman–Crippen LogP) is 0.701. The molecule has 1 heterocycles. The second-order valence-corrected chi connectivity index (χ2v) is 8.07. The molecular weight excluding hydrogens is 440 g/mol. The normalized spacial score (nSPS) is 27.6. The molecule has 33 heavy (non-hydrogen) atoms. The number of amides is 2. The molecule has 2 amide bonds. The summed E-state index contributed by atoms with van der Waals surface area (Å²) in [4.78, 5) is 59.3. The van der Waals surface area contributed by atoms with Crippen molar-refractivity contribution in [1.29, 1.82) is 0 Å². The van der Waals surface area contributed by atoms with Gasteiger partial charge in [-0.3, -0.25) is 19.2 Å². The Morgan fingerprint density at radius 1 is 0.727 bits per heavy atom. The highest BCUT2D eigenvalue weighted by molar-refractivity contribution is 5.75. The Morgan fingerprint density at radius 3 is 1.82 bits per heavy atom. The van der Waals surface area contributed by atoms with Crippen LogP contribution in [0.1, 0.15) is 59.8 Å². The summed E-state index contributed by atoms with van der Waals surface area (Å²) in [6, 6.07) is -0.577. The van der Waals surface area contributed by atoms with Crippen molar-refractivity contribution < 1.29 is 47.7 Å². The molecule has 186 valence electrons. The maximum absolute atomic E-state index is 12.7. The van der Waals surface area contributed by atoms with Gasteiger partial charge in [-0.25, -0.2) is 4.79 Å². The number of carbonyl (C=O) groups is 5. The van der Waals surface area contributed by atoms with Crippen LogP contribution < -0.4 is 10.6 Å². The molecule has 0 aromatic heterocycles. The number of urea groups is 1. The third-order valence-electron chi connectivity index (χ3n) is 5.20. The third-order valence-corrected chi connectivity index (χ3v) is 5.20. The number of rotatable bonds is 7. The van der Waals surface area contributed by atoms with Crippen LogP contribution in [0.25, 0.3) is 0 Å². The Bertz CT molecular complexity index is 737. The van der Waals surface area contributed by atoms with E-state index < -0.39 is 60.6 Å². The summed E-state index contributed by atoms with van der Waals surface area (Å²) in [6.07, 6.45) is -1.53. The minimum Gasteiger partial charge on any atom is -0.463 e. The van der Waals surface area contributed by atoms with Crippen LogP contribution in [0.4, 0.5) is 4.79 Å². The lowest BCUT2D eigenvalue weighted by Gasteiger charge is -2.44. The van der Waals surface area contributed by atoms with Gasteiger partial charge in [-0.05, 0) is 12.8 Å². The highest BCUT2D eigenvalue weighted by Crippen LogP contribution is 2.28. The van der Waals surface area contributed by atoms with Gasteiger partial charge in [0.15, 0.2) is 24.5 Å². The van der Waals surface area contributed by atoms with Gasteiger partial charge in [0.1, 0.15) is 12.7 Å². The number of ether oxygens (including phenoxy) is 5. The van der Waals surface area contributed by atoms with Crippen LogP contribution in [0.2, 0.25) is 0 Å². The summed E-state index contributed by atoms with van der Waals surface area (Å²) in [7, 11) is 0. The lowest BCUT2D eigenvalue weighted by atomic mass is 9.95. The summed E-state index contributed by atoms with van der Waals surface area (Å²) in [6.45, 7) is 4.22. The predicted molar refractivity (Wildman–Crippen MR) is 110 cm³/mol. The van der Waals surface area contributed by atoms with Crippen LogP contribution in [0.3, 0.4) is 0 Å². The topological polar surface area (TPSA) is 156 Å². The van der Waals surface area contributed by atoms with Crippen molar-refractivity contribution in [2.45, 2.75) is 96.5 Å². The van der Waals surface area contributed by atoms with Crippen LogP contribution in [-0.4, -0.2) is 73.2 Å². The number of carbonyl (C=O) groups excluding carboxylic acids is 5. The SMILES string of the molecule is CC(=O)OC[C@H]1O[C@@H](NC(=O)NC2CCCCC2)[C@H](OC(C)=O)[C@@H](OC(C)=O)[C@H]1OC(C)=O. The minimum absolute atomic E-state index is 0.00980. The summed E-state index contributed by atoms with van der Waals surface area (Å²) in [5, 5.41) is 5.45. The molecule has 0 aromatic carbocycles. The van der Waals surface area contributed by atoms with Crippen molar-refractivity contribution in [3.8, 4) is 0 Å². The number of hydrogen-bond acceptors (Lipinski definition) is 10. The largest absolute Gasteiger partial charge is 0.463 e. The first-order chi connectivity index (χ1) is 15.6. The molecule has 1 saturated carbocycles. The third kappa shape index (κ3) is 8.52. The molecule has 2 fully saturated rings. The molecule has 1 aliphatic carbocycles. The quantitative estimate of drug-likeness (QED) is 0.399. The second-order valence-electron chi connectivity index (χ2n) is 8.07. The fraction of sp³-hybridized carbons (Fsp3) is 0.762. The van der Waals surface area contributed by atoms with E-state index in [9.17, 15) is 24.0 Å². The molecule has 0 bridgehead atoms. The highest BCUT2D eigenvalue weighted by atomic mass is 16.7. The zero-order valence-corrected chi connectivity index (χ0v) is 19.3. The standard InChI is InChI=1S/C21H32N2O10/c1-11(24)29-10-16-17(30-12(2)25)18(31-13(3)26)19(32-14(4)27)20(33-16)23-21(28)22-15-8-6-5-7-9-15/h15-20H,5-10H2,1-4H3,(H2,22,23,28)/t16-,17+,18+,19-,20-/m1/s1. The van der Waals surface area contributed by atoms with E-state index in [1.54, 1.807) is 0 Å². The van der Waals surface area contributed by atoms with Crippen molar-refractivity contribution in [2.75, 3.05) is 6.61 Å². The molecule has 2 N–H and O–H groups in total. The molecule has 5 atom stereocenters. The zero-order valence-electron chi connectivity index (χ0n) is 19.3. The average Bonchev–Trinajstić information content (AvgIpc) is 2.70. The molecule has 1 saturated heterocycles. The van der Waals surface area contributed by atoms with E-state index in [2.05, 4.69) is 10.6 Å². The van der Waals surface area contributed by atoms with Gasteiger partial charge in [0, 0.05) is 33.7 Å². The van der Waals surface area contributed by atoms with Crippen molar-refractivity contribution >= 4 is 29.9 Å². The lowest BCUT2D eigenvalue weighted by molar-refractivity contribution is -0.255. The zero-order chi connectivity index (χ0) is 24.5. The first-order valence-corrected chi connectivity index (χ1v) is 10.9. The molecular formula is C21H32N2O10. The van der Waals surface area contributed by atoms with Gasteiger partial charge in [0.05, 0.1) is 0 Å². The number of esters is 4. The first-order valence-electron chi connectivity index (χ1n) is 10.9. The molecule has 12 heteroatoms. The molecule has 12 nitrogen and oxygen atoms in total. The van der Waals surface area contributed by atoms with Crippen LogP contribution in [0.5, 0.6) is 0 Å². The fourth-order valence-corrected chi connectivity index (χ4v) is 3.95. The Morgan fingerprint density at radius 2 is 1.27 bits per heavy atom. The summed E-state index contributed by atoms with van der Waals surface area (Å²) >= 11 is 0. The van der Waals surface area contributed by atoms with E-state index in [0.29, 0.717) is 0 Å². The minimum atomic E-state index is -1.33. The van der Waals surface area contributed by atoms with E-state index >= 15 is 0 Å². The molecule has 2 aliphatic rings. The van der Waals surface area contributed by atoms with Crippen LogP contribution >= 0.6 is 0 Å². The Kier molecular flexibility index (Phi) is 9.89. The molecule has 0 unspecified atom stereocenters. The summed E-state index contributed by atoms with van der Waals surface area (Å²) < 4.78 is 26.8. The maximum atomic E-state index is 12.7. The summed E-state index contributed by atoms with van der Waals surface area (Å²) in [5.41, 5.74) is 0. The smallest absolute Gasteiger partial charge is 0.317 e. The van der Waals surface area contributed by atoms with Gasteiger partial charge >= 0.3 is 29.9 Å². The Balaban J connectivity index is 2.29. The molecule has 0 radical (unpaired) electrons. The Labute approximate surface area is 192 Å². The molecule has 0 spiro atoms. The second kappa shape index (κ2) is 12.4. The van der Waals surface area contributed by atoms with Gasteiger partial charge in [-0.1, -0.05) is 19.3 Å². The van der Waals surface area contributed by atoms with Crippen LogP contribution in [-0.2, 0) is 42.9 Å². The number of hydrogen-bond donors (Lipinski definition) is 2. The van der Waals surface area contributed by atoms with Crippen molar-refractivity contribution in [3.63, 3.8) is 0 Å². The van der Waals surface area contributed by atoms with Gasteiger partial charge in [-0.2, -0.15) is 0 Å². The monoisotopic (exact) mass is 472 g/mol. The van der Waals surface area contributed by atoms with Crippen LogP contribution in [0.15, 0.2) is 0 Å². The first kappa shape index (κ1) is 26.4. The van der Waals surface area contributed by atoms with E-state index in [-0.39, 0.29) is 12.6 Å². The molecule has 2 rings (SSSR count). The van der Waals surface area contributed by atoms with Crippen molar-refractivity contribution in [3.05, 3.63) is 0 Å². The molecule has 0 aromatic rings. The number of nitrogens with one attached hydrogen (secondary N) is 2. The molecule has 1 aliphatic heterocycles. The highest BCUT2D eigenvalue weighted by Gasteiger charge is 2.52. The fourth-order valence-electron chi connectivity index (χ4n) is 3.95. The van der Waals surface area contributed by atoms with E-state index in [4.69, 9.17) is 23.7 Å². The van der Waals surface area contributed by atoms with Gasteiger partial charge in [-0.15, -0.1) is 0 Å². The van der Waals surface area contributed by atoms with E-state index in [0.717, 1.165) is 52.9 Å². The lowest BCUT2D eigenvalue weighted by Crippen LogP contribution is -2.67. The van der Waals surface area contributed by atoms with Crippen molar-refractivity contribution in [2.24, 2.45) is 0 Å². The van der Waals surface area contributed by atoms with Crippen molar-refractivity contribution in [1.82, 2.24) is 10.6 Å². The van der Waals surface area contributed by atoms with Crippen LogP contribution in [0, 0.1) is 0 Å². The average molecular weight is 472 g/mol. The Hall–Kier alpha value is -2.89. The van der Waals surface area contributed by atoms with E-state index in [1.165, 1.54) is 6.92 Å². The van der Waals surface area contributed by atoms with Gasteiger partial charge in [0.2, 0.25) is 0 Å². The maximum Gasteiger partial charge on any atom is 0.317 e.